The second-order valence-corrected chi connectivity index (χ2v) is 4.95. The van der Waals surface area contributed by atoms with E-state index in [0.717, 1.165) is 11.9 Å². The molecule has 92 valence electrons. The van der Waals surface area contributed by atoms with Crippen LogP contribution >= 0.6 is 12.2 Å². The van der Waals surface area contributed by atoms with Gasteiger partial charge >= 0.3 is 0 Å². The van der Waals surface area contributed by atoms with Crippen LogP contribution < -0.4 is 0 Å². The smallest absolute Gasteiger partial charge is 0.178 e. The summed E-state index contributed by atoms with van der Waals surface area (Å²) >= 11 is 5.30. The first-order valence-corrected chi connectivity index (χ1v) is 6.35. The fourth-order valence-corrected chi connectivity index (χ4v) is 2.49. The molecule has 0 saturated carbocycles. The van der Waals surface area contributed by atoms with Crippen molar-refractivity contribution in [3.8, 4) is 0 Å². The monoisotopic (exact) mass is 252 g/mol. The number of rotatable bonds is 3. The van der Waals surface area contributed by atoms with E-state index in [-0.39, 0.29) is 11.9 Å². The van der Waals surface area contributed by atoms with E-state index in [0.29, 0.717) is 16.2 Å². The Morgan fingerprint density at radius 3 is 2.76 bits per heavy atom. The van der Waals surface area contributed by atoms with Gasteiger partial charge in [-0.2, -0.15) is 0 Å². The van der Waals surface area contributed by atoms with E-state index in [2.05, 4.69) is 25.8 Å². The topological polar surface area (TPSA) is 20.7 Å². The first kappa shape index (κ1) is 12.3. The van der Waals surface area contributed by atoms with E-state index in [4.69, 9.17) is 12.2 Å². The highest BCUT2D eigenvalue weighted by molar-refractivity contribution is 7.71. The summed E-state index contributed by atoms with van der Waals surface area (Å²) in [5.74, 6) is 0.241. The van der Waals surface area contributed by atoms with E-state index in [1.165, 1.54) is 6.07 Å². The van der Waals surface area contributed by atoms with Crippen LogP contribution in [0.5, 0.6) is 0 Å². The van der Waals surface area contributed by atoms with Crippen LogP contribution in [0.1, 0.15) is 33.2 Å². The molecule has 1 aromatic carbocycles. The van der Waals surface area contributed by atoms with Gasteiger partial charge in [0.05, 0.1) is 5.52 Å². The van der Waals surface area contributed by atoms with Gasteiger partial charge in [-0.15, -0.1) is 0 Å². The summed E-state index contributed by atoms with van der Waals surface area (Å²) in [5.41, 5.74) is 1.36. The van der Waals surface area contributed by atoms with Crippen molar-refractivity contribution in [2.24, 2.45) is 5.92 Å². The number of hydrogen-bond donors (Lipinski definition) is 1. The molecule has 0 radical (unpaired) electrons. The summed E-state index contributed by atoms with van der Waals surface area (Å²) in [4.78, 5) is 3.07. The lowest BCUT2D eigenvalue weighted by Gasteiger charge is -2.20. The van der Waals surface area contributed by atoms with Crippen molar-refractivity contribution in [3.05, 3.63) is 28.8 Å². The molecule has 0 bridgehead atoms. The lowest BCUT2D eigenvalue weighted by atomic mass is 10.0. The molecule has 2 atom stereocenters. The first-order valence-electron chi connectivity index (χ1n) is 5.95. The third-order valence-corrected chi connectivity index (χ3v) is 3.86. The van der Waals surface area contributed by atoms with Crippen molar-refractivity contribution in [2.75, 3.05) is 0 Å². The van der Waals surface area contributed by atoms with Gasteiger partial charge in [0.1, 0.15) is 11.3 Å². The summed E-state index contributed by atoms with van der Waals surface area (Å²) in [7, 11) is 0. The molecular formula is C13H17FN2S. The molecule has 0 aliphatic carbocycles. The number of fused-ring (bicyclic) bond motifs is 1. The van der Waals surface area contributed by atoms with Gasteiger partial charge in [-0.1, -0.05) is 26.3 Å². The number of H-pyrrole nitrogens is 1. The van der Waals surface area contributed by atoms with Crippen LogP contribution in [0.4, 0.5) is 4.39 Å². The summed E-state index contributed by atoms with van der Waals surface area (Å²) in [6.07, 6.45) is 1.05. The Hall–Kier alpha value is -1.16. The van der Waals surface area contributed by atoms with Crippen LogP contribution in [0, 0.1) is 16.5 Å². The number of nitrogens with one attached hydrogen (secondary N) is 1. The molecule has 0 fully saturated rings. The van der Waals surface area contributed by atoms with E-state index < -0.39 is 0 Å². The normalized spacial score (nSPS) is 15.1. The van der Waals surface area contributed by atoms with Crippen LogP contribution in [0.3, 0.4) is 0 Å². The molecular weight excluding hydrogens is 235 g/mol. The van der Waals surface area contributed by atoms with Crippen molar-refractivity contribution in [3.63, 3.8) is 0 Å². The number of benzene rings is 1. The van der Waals surface area contributed by atoms with Gasteiger partial charge in [0.15, 0.2) is 4.77 Å². The molecule has 2 nitrogen and oxygen atoms in total. The summed E-state index contributed by atoms with van der Waals surface area (Å²) < 4.78 is 16.4. The van der Waals surface area contributed by atoms with Crippen molar-refractivity contribution < 1.29 is 4.39 Å². The minimum atomic E-state index is -0.218. The Kier molecular flexibility index (Phi) is 3.33. The summed E-state index contributed by atoms with van der Waals surface area (Å²) in [6, 6.07) is 5.22. The Balaban J connectivity index is 2.68. The Labute approximate surface area is 105 Å². The number of imidazole rings is 1. The van der Waals surface area contributed by atoms with Crippen LogP contribution in [0.2, 0.25) is 0 Å². The predicted molar refractivity (Wildman–Crippen MR) is 71.2 cm³/mol. The molecule has 0 amide bonds. The standard InChI is InChI=1S/C13H17FN2S/c1-4-8(2)9(3)16-12-10(14)6-5-7-11(12)15-13(16)17/h5-9H,4H2,1-3H3,(H,15,17). The fourth-order valence-electron chi connectivity index (χ4n) is 2.12. The van der Waals surface area contributed by atoms with Crippen molar-refractivity contribution in [1.29, 1.82) is 0 Å². The average Bonchev–Trinajstić information content (AvgIpc) is 2.65. The molecule has 0 spiro atoms. The van der Waals surface area contributed by atoms with Gasteiger partial charge in [0.25, 0.3) is 0 Å². The average molecular weight is 252 g/mol. The van der Waals surface area contributed by atoms with Crippen molar-refractivity contribution >= 4 is 23.3 Å². The van der Waals surface area contributed by atoms with Gasteiger partial charge in [-0.05, 0) is 37.2 Å². The predicted octanol–water partition coefficient (Wildman–Crippen LogP) is 4.45. The zero-order chi connectivity index (χ0) is 12.6. The SMILES string of the molecule is CCC(C)C(C)n1c(=S)[nH]c2cccc(F)c21. The number of aromatic amines is 1. The minimum absolute atomic E-state index is 0.193. The maximum absolute atomic E-state index is 13.9. The molecule has 2 unspecified atom stereocenters. The third kappa shape index (κ3) is 2.02. The zero-order valence-corrected chi connectivity index (χ0v) is 11.1. The summed E-state index contributed by atoms with van der Waals surface area (Å²) in [5, 5.41) is 0. The molecule has 1 N–H and O–H groups in total. The molecule has 2 aromatic rings. The van der Waals surface area contributed by atoms with Crippen molar-refractivity contribution in [2.45, 2.75) is 33.2 Å². The highest BCUT2D eigenvalue weighted by Gasteiger charge is 2.18. The molecule has 2 rings (SSSR count). The molecule has 0 aliphatic rings. The molecule has 1 heterocycles. The Bertz CT molecular complexity index is 585. The van der Waals surface area contributed by atoms with Gasteiger partial charge in [0, 0.05) is 6.04 Å². The Morgan fingerprint density at radius 2 is 2.12 bits per heavy atom. The lowest BCUT2D eigenvalue weighted by Crippen LogP contribution is -2.14. The fraction of sp³-hybridized carbons (Fsp3) is 0.462. The number of para-hydroxylation sites is 1. The van der Waals surface area contributed by atoms with Gasteiger partial charge in [0.2, 0.25) is 0 Å². The van der Waals surface area contributed by atoms with Gasteiger partial charge in [-0.3, -0.25) is 0 Å². The molecule has 0 aliphatic heterocycles. The maximum atomic E-state index is 13.9. The highest BCUT2D eigenvalue weighted by atomic mass is 32.1. The second kappa shape index (κ2) is 4.61. The first-order chi connectivity index (χ1) is 8.06. The van der Waals surface area contributed by atoms with Crippen molar-refractivity contribution in [1.82, 2.24) is 9.55 Å². The van der Waals surface area contributed by atoms with Gasteiger partial charge in [-0.25, -0.2) is 4.39 Å². The van der Waals surface area contributed by atoms with E-state index >= 15 is 0 Å². The minimum Gasteiger partial charge on any atom is -0.330 e. The number of hydrogen-bond acceptors (Lipinski definition) is 1. The maximum Gasteiger partial charge on any atom is 0.178 e. The third-order valence-electron chi connectivity index (χ3n) is 3.56. The highest BCUT2D eigenvalue weighted by Crippen LogP contribution is 2.27. The molecule has 17 heavy (non-hydrogen) atoms. The lowest BCUT2D eigenvalue weighted by molar-refractivity contribution is 0.372. The molecule has 0 saturated heterocycles. The van der Waals surface area contributed by atoms with Crippen LogP contribution in [0.25, 0.3) is 11.0 Å². The molecule has 4 heteroatoms. The van der Waals surface area contributed by atoms with Gasteiger partial charge < -0.3 is 9.55 Å². The van der Waals surface area contributed by atoms with Crippen LogP contribution in [-0.4, -0.2) is 9.55 Å². The number of halogens is 1. The van der Waals surface area contributed by atoms with Crippen LogP contribution in [0.15, 0.2) is 18.2 Å². The summed E-state index contributed by atoms with van der Waals surface area (Å²) in [6.45, 7) is 6.38. The zero-order valence-electron chi connectivity index (χ0n) is 10.3. The Morgan fingerprint density at radius 1 is 1.41 bits per heavy atom. The molecule has 1 aromatic heterocycles. The van der Waals surface area contributed by atoms with Crippen LogP contribution in [-0.2, 0) is 0 Å². The second-order valence-electron chi connectivity index (χ2n) is 4.56. The largest absolute Gasteiger partial charge is 0.330 e. The van der Waals surface area contributed by atoms with E-state index in [1.54, 1.807) is 6.07 Å². The van der Waals surface area contributed by atoms with E-state index in [9.17, 15) is 4.39 Å². The van der Waals surface area contributed by atoms with E-state index in [1.807, 2.05) is 10.6 Å². The quantitative estimate of drug-likeness (QED) is 0.801. The number of aromatic nitrogens is 2. The number of nitrogens with zero attached hydrogens (tertiary/aromatic N) is 1.